The van der Waals surface area contributed by atoms with Gasteiger partial charge in [0, 0.05) is 24.8 Å². The number of amides is 1. The van der Waals surface area contributed by atoms with Gasteiger partial charge in [-0.1, -0.05) is 34.6 Å². The summed E-state index contributed by atoms with van der Waals surface area (Å²) in [6.45, 7) is 17.8. The quantitative estimate of drug-likeness (QED) is 0.758. The zero-order valence-electron chi connectivity index (χ0n) is 12.9. The van der Waals surface area contributed by atoms with Crippen molar-refractivity contribution in [3.63, 3.8) is 0 Å². The summed E-state index contributed by atoms with van der Waals surface area (Å²) in [7, 11) is 0. The van der Waals surface area contributed by atoms with Crippen molar-refractivity contribution in [2.24, 2.45) is 5.41 Å². The molecule has 104 valence electrons. The minimum atomic E-state index is -0.111. The van der Waals surface area contributed by atoms with E-state index in [1.165, 1.54) is 0 Å². The Balaban J connectivity index is 0. The Hall–Kier alpha value is -0.180. The van der Waals surface area contributed by atoms with Crippen LogP contribution >= 0.6 is 12.6 Å². The Morgan fingerprint density at radius 1 is 1.18 bits per heavy atom. The molecule has 0 rings (SSSR count). The van der Waals surface area contributed by atoms with Crippen LogP contribution in [-0.2, 0) is 4.79 Å². The summed E-state index contributed by atoms with van der Waals surface area (Å²) in [5.41, 5.74) is 0.243. The van der Waals surface area contributed by atoms with Crippen LogP contribution in [0.5, 0.6) is 0 Å². The first kappa shape index (κ1) is 19.2. The summed E-state index contributed by atoms with van der Waals surface area (Å²) in [5, 5.41) is 0. The average Bonchev–Trinajstić information content (AvgIpc) is 2.13. The summed E-state index contributed by atoms with van der Waals surface area (Å²) in [6, 6.07) is 0. The second-order valence-corrected chi connectivity index (χ2v) is 6.85. The highest BCUT2D eigenvalue weighted by atomic mass is 32.1. The molecule has 0 spiro atoms. The molecule has 0 aliphatic rings. The molecule has 1 unspecified atom stereocenters. The van der Waals surface area contributed by atoms with Crippen LogP contribution in [0.1, 0.15) is 61.8 Å². The number of thiol groups is 1. The van der Waals surface area contributed by atoms with Crippen molar-refractivity contribution in [1.82, 2.24) is 4.90 Å². The molecule has 0 aliphatic carbocycles. The highest BCUT2D eigenvalue weighted by molar-refractivity contribution is 7.81. The number of hydrogen-bond donors (Lipinski definition) is 1. The van der Waals surface area contributed by atoms with Gasteiger partial charge in [0.25, 0.3) is 0 Å². The Labute approximate surface area is 114 Å². The van der Waals surface area contributed by atoms with Crippen molar-refractivity contribution in [2.45, 2.75) is 66.6 Å². The van der Waals surface area contributed by atoms with E-state index in [0.717, 1.165) is 19.5 Å². The SMILES string of the molecule is CC.CCN(CC(C)(S)CC(C)(C)C)C(C)=O. The fraction of sp³-hybridized carbons (Fsp3) is 0.929. The standard InChI is InChI=1S/C12H25NOS.C2H6/c1-7-13(10(2)14)9-12(6,15)8-11(3,4)5;1-2/h15H,7-9H2,1-6H3;1-2H3. The van der Waals surface area contributed by atoms with Gasteiger partial charge in [-0.3, -0.25) is 4.79 Å². The van der Waals surface area contributed by atoms with E-state index in [4.69, 9.17) is 0 Å². The van der Waals surface area contributed by atoms with Gasteiger partial charge in [0.1, 0.15) is 0 Å². The van der Waals surface area contributed by atoms with Gasteiger partial charge in [-0.2, -0.15) is 12.6 Å². The molecule has 0 radical (unpaired) electrons. The molecule has 2 nitrogen and oxygen atoms in total. The van der Waals surface area contributed by atoms with Gasteiger partial charge in [-0.05, 0) is 25.7 Å². The lowest BCUT2D eigenvalue weighted by Crippen LogP contribution is -2.41. The van der Waals surface area contributed by atoms with Gasteiger partial charge < -0.3 is 4.90 Å². The van der Waals surface area contributed by atoms with Crippen molar-refractivity contribution >= 4 is 18.5 Å². The van der Waals surface area contributed by atoms with Crippen LogP contribution in [0.15, 0.2) is 0 Å². The predicted molar refractivity (Wildman–Crippen MR) is 80.7 cm³/mol. The van der Waals surface area contributed by atoms with Gasteiger partial charge >= 0.3 is 0 Å². The number of hydrogen-bond acceptors (Lipinski definition) is 2. The van der Waals surface area contributed by atoms with E-state index >= 15 is 0 Å². The van der Waals surface area contributed by atoms with Crippen LogP contribution in [0.3, 0.4) is 0 Å². The summed E-state index contributed by atoms with van der Waals surface area (Å²) in [4.78, 5) is 13.2. The summed E-state index contributed by atoms with van der Waals surface area (Å²) in [6.07, 6.45) is 0.993. The molecule has 0 aromatic heterocycles. The van der Waals surface area contributed by atoms with Crippen LogP contribution in [0.4, 0.5) is 0 Å². The fourth-order valence-electron chi connectivity index (χ4n) is 2.06. The Morgan fingerprint density at radius 3 is 1.82 bits per heavy atom. The number of rotatable bonds is 4. The predicted octanol–water partition coefficient (Wildman–Crippen LogP) is 4.01. The molecule has 0 heterocycles. The van der Waals surface area contributed by atoms with Crippen LogP contribution in [0.25, 0.3) is 0 Å². The summed E-state index contributed by atoms with van der Waals surface area (Å²) >= 11 is 4.67. The number of carbonyl (C=O) groups excluding carboxylic acids is 1. The second kappa shape index (κ2) is 8.02. The molecular formula is C14H31NOS. The molecule has 0 aromatic carbocycles. The average molecular weight is 261 g/mol. The Kier molecular flexibility index (Phi) is 9.04. The van der Waals surface area contributed by atoms with Gasteiger partial charge in [0.15, 0.2) is 0 Å². The van der Waals surface area contributed by atoms with E-state index in [1.54, 1.807) is 6.92 Å². The molecule has 0 aliphatic heterocycles. The monoisotopic (exact) mass is 261 g/mol. The minimum absolute atomic E-state index is 0.111. The van der Waals surface area contributed by atoms with E-state index < -0.39 is 0 Å². The fourth-order valence-corrected chi connectivity index (χ4v) is 2.70. The van der Waals surface area contributed by atoms with Crippen LogP contribution < -0.4 is 0 Å². The number of carbonyl (C=O) groups is 1. The maximum Gasteiger partial charge on any atom is 0.219 e. The van der Waals surface area contributed by atoms with E-state index in [-0.39, 0.29) is 16.1 Å². The third-order valence-corrected chi connectivity index (χ3v) is 2.57. The van der Waals surface area contributed by atoms with Crippen molar-refractivity contribution in [3.05, 3.63) is 0 Å². The van der Waals surface area contributed by atoms with Gasteiger partial charge in [0.2, 0.25) is 5.91 Å². The lowest BCUT2D eigenvalue weighted by atomic mass is 9.84. The maximum absolute atomic E-state index is 11.3. The smallest absolute Gasteiger partial charge is 0.219 e. The first-order chi connectivity index (χ1) is 7.57. The zero-order valence-corrected chi connectivity index (χ0v) is 13.8. The van der Waals surface area contributed by atoms with Crippen LogP contribution in [0, 0.1) is 5.41 Å². The largest absolute Gasteiger partial charge is 0.342 e. The van der Waals surface area contributed by atoms with Crippen molar-refractivity contribution < 1.29 is 4.79 Å². The topological polar surface area (TPSA) is 20.3 Å². The molecule has 0 saturated heterocycles. The molecule has 0 saturated carbocycles. The molecular weight excluding hydrogens is 230 g/mol. The van der Waals surface area contributed by atoms with Gasteiger partial charge in [0.05, 0.1) is 0 Å². The molecule has 0 fully saturated rings. The van der Waals surface area contributed by atoms with E-state index in [9.17, 15) is 4.79 Å². The Bertz CT molecular complexity index is 219. The van der Waals surface area contributed by atoms with Crippen molar-refractivity contribution in [2.75, 3.05) is 13.1 Å². The molecule has 0 bridgehead atoms. The van der Waals surface area contributed by atoms with E-state index in [0.29, 0.717) is 0 Å². The third kappa shape index (κ3) is 10.7. The van der Waals surface area contributed by atoms with E-state index in [1.807, 2.05) is 25.7 Å². The molecule has 1 amide bonds. The van der Waals surface area contributed by atoms with Gasteiger partial charge in [-0.25, -0.2) is 0 Å². The lowest BCUT2D eigenvalue weighted by molar-refractivity contribution is -0.129. The van der Waals surface area contributed by atoms with Crippen molar-refractivity contribution in [3.8, 4) is 0 Å². The minimum Gasteiger partial charge on any atom is -0.342 e. The molecule has 0 aromatic rings. The molecule has 1 atom stereocenters. The van der Waals surface area contributed by atoms with Crippen LogP contribution in [-0.4, -0.2) is 28.6 Å². The molecule has 3 heteroatoms. The van der Waals surface area contributed by atoms with Crippen molar-refractivity contribution in [1.29, 1.82) is 0 Å². The van der Waals surface area contributed by atoms with E-state index in [2.05, 4.69) is 40.3 Å². The zero-order chi connectivity index (χ0) is 14.3. The highest BCUT2D eigenvalue weighted by Crippen LogP contribution is 2.32. The Morgan fingerprint density at radius 2 is 1.59 bits per heavy atom. The second-order valence-electron chi connectivity index (χ2n) is 5.77. The molecule has 0 N–H and O–H groups in total. The van der Waals surface area contributed by atoms with Crippen LogP contribution in [0.2, 0.25) is 0 Å². The summed E-state index contributed by atoms with van der Waals surface area (Å²) in [5.74, 6) is 0.131. The maximum atomic E-state index is 11.3. The first-order valence-electron chi connectivity index (χ1n) is 6.55. The lowest BCUT2D eigenvalue weighted by Gasteiger charge is -2.35. The molecule has 17 heavy (non-hydrogen) atoms. The third-order valence-electron chi connectivity index (χ3n) is 2.27. The normalized spacial score (nSPS) is 14.4. The van der Waals surface area contributed by atoms with Gasteiger partial charge in [-0.15, -0.1) is 0 Å². The number of nitrogens with zero attached hydrogens (tertiary/aromatic N) is 1. The first-order valence-corrected chi connectivity index (χ1v) is 7.00. The highest BCUT2D eigenvalue weighted by Gasteiger charge is 2.28. The summed E-state index contributed by atoms with van der Waals surface area (Å²) < 4.78 is -0.111.